The van der Waals surface area contributed by atoms with E-state index in [0.717, 1.165) is 28.7 Å². The number of amides is 6. The first kappa shape index (κ1) is 47.5. The predicted molar refractivity (Wildman–Crippen MR) is 226 cm³/mol. The number of halogens is 3. The fourth-order valence-electron chi connectivity index (χ4n) is 7.81. The first-order valence-corrected chi connectivity index (χ1v) is 21.4. The summed E-state index contributed by atoms with van der Waals surface area (Å²) in [6.45, 7) is 7.28. The standard InChI is InChI=1S/C45H56F3N7O9/c1-29(28-63-43(59)49-16-20-62-21-17-54-38(56)12-13-39(54)57)50-42(58)55(25-32-24-53(26-36(32)48)44(60)64-45(2,3)4)40(31-14-18-61-19-15-31)41-51-37(34-22-33(46)10-11-35(34)47)27-52(41)23-30-8-6-5-7-9-30/h5-13,22,27,29,31-32,36,40H,14-21,23-26,28H2,1-4H3,(H,49,59)(H,50,58). The summed E-state index contributed by atoms with van der Waals surface area (Å²) in [6.07, 6.45) is 1.94. The van der Waals surface area contributed by atoms with Crippen molar-refractivity contribution in [3.63, 3.8) is 0 Å². The molecule has 3 aliphatic rings. The van der Waals surface area contributed by atoms with E-state index in [-0.39, 0.29) is 76.3 Å². The first-order chi connectivity index (χ1) is 30.6. The Hall–Kier alpha value is -5.95. The highest BCUT2D eigenvalue weighted by atomic mass is 19.1. The van der Waals surface area contributed by atoms with Crippen LogP contribution in [0, 0.1) is 23.5 Å². The van der Waals surface area contributed by atoms with Crippen LogP contribution < -0.4 is 10.6 Å². The quantitative estimate of drug-likeness (QED) is 0.128. The summed E-state index contributed by atoms with van der Waals surface area (Å²) in [6, 6.07) is 10.2. The molecule has 2 aromatic carbocycles. The molecule has 0 saturated carbocycles. The predicted octanol–water partition coefficient (Wildman–Crippen LogP) is 5.62. The molecule has 4 unspecified atom stereocenters. The normalized spacial score (nSPS) is 18.9. The molecule has 0 bridgehead atoms. The van der Waals surface area contributed by atoms with Crippen LogP contribution in [0.15, 0.2) is 66.9 Å². The van der Waals surface area contributed by atoms with Gasteiger partial charge in [-0.05, 0) is 70.2 Å². The molecule has 1 aromatic heterocycles. The molecule has 64 heavy (non-hydrogen) atoms. The Morgan fingerprint density at radius 2 is 1.72 bits per heavy atom. The molecule has 3 aromatic rings. The van der Waals surface area contributed by atoms with E-state index in [1.54, 1.807) is 38.5 Å². The SMILES string of the molecule is CC(COC(=O)NCCOCCN1C(=O)C=CC1=O)NC(=O)N(CC1CN(C(=O)OC(C)(C)C)CC1F)C(c1nc(-c2cc(F)ccc2F)cn1Cc1ccccc1)C1CCOCC1. The molecule has 4 heterocycles. The number of imidazole rings is 1. The van der Waals surface area contributed by atoms with Crippen molar-refractivity contribution in [3.05, 3.63) is 89.9 Å². The molecule has 19 heteroatoms. The summed E-state index contributed by atoms with van der Waals surface area (Å²) in [7, 11) is 0. The molecule has 0 spiro atoms. The highest BCUT2D eigenvalue weighted by Crippen LogP contribution is 2.39. The fourth-order valence-corrected chi connectivity index (χ4v) is 7.81. The second-order valence-corrected chi connectivity index (χ2v) is 17.1. The molecule has 2 saturated heterocycles. The van der Waals surface area contributed by atoms with E-state index in [9.17, 15) is 28.4 Å². The number of hydrogen-bond acceptors (Lipinski definition) is 10. The smallest absolute Gasteiger partial charge is 0.410 e. The van der Waals surface area contributed by atoms with E-state index in [0.29, 0.717) is 31.9 Å². The van der Waals surface area contributed by atoms with Gasteiger partial charge in [0, 0.05) is 69.2 Å². The van der Waals surface area contributed by atoms with Gasteiger partial charge in [0.05, 0.1) is 44.1 Å². The van der Waals surface area contributed by atoms with Crippen molar-refractivity contribution < 1.29 is 56.1 Å². The number of nitrogens with one attached hydrogen (secondary N) is 2. The van der Waals surface area contributed by atoms with Crippen LogP contribution in [0.4, 0.5) is 27.6 Å². The van der Waals surface area contributed by atoms with Gasteiger partial charge in [0.25, 0.3) is 11.8 Å². The largest absolute Gasteiger partial charge is 0.447 e. The molecule has 0 aliphatic carbocycles. The minimum absolute atomic E-state index is 0.0488. The summed E-state index contributed by atoms with van der Waals surface area (Å²) in [4.78, 5) is 72.7. The van der Waals surface area contributed by atoms with Crippen LogP contribution in [-0.4, -0.2) is 138 Å². The number of carbonyl (C=O) groups is 5. The van der Waals surface area contributed by atoms with E-state index in [1.165, 1.54) is 22.0 Å². The number of likely N-dealkylation sites (tertiary alicyclic amines) is 1. The summed E-state index contributed by atoms with van der Waals surface area (Å²) in [5.41, 5.74) is 0.0957. The van der Waals surface area contributed by atoms with Crippen LogP contribution in [0.2, 0.25) is 0 Å². The number of nitrogens with zero attached hydrogens (tertiary/aromatic N) is 5. The Labute approximate surface area is 370 Å². The van der Waals surface area contributed by atoms with Crippen molar-refractivity contribution in [2.75, 3.05) is 65.8 Å². The average molecular weight is 896 g/mol. The number of urea groups is 1. The van der Waals surface area contributed by atoms with Crippen LogP contribution in [0.5, 0.6) is 0 Å². The van der Waals surface area contributed by atoms with Gasteiger partial charge in [0.15, 0.2) is 0 Å². The summed E-state index contributed by atoms with van der Waals surface area (Å²) < 4.78 is 70.1. The molecule has 3 aliphatic heterocycles. The van der Waals surface area contributed by atoms with Crippen molar-refractivity contribution in [2.45, 2.75) is 70.9 Å². The maximum absolute atomic E-state index is 16.2. The highest BCUT2D eigenvalue weighted by molar-refractivity contribution is 6.12. The highest BCUT2D eigenvalue weighted by Gasteiger charge is 2.43. The van der Waals surface area contributed by atoms with Crippen molar-refractivity contribution in [1.82, 2.24) is 34.9 Å². The maximum atomic E-state index is 16.2. The van der Waals surface area contributed by atoms with Crippen LogP contribution >= 0.6 is 0 Å². The second-order valence-electron chi connectivity index (χ2n) is 17.1. The number of alkyl halides is 1. The van der Waals surface area contributed by atoms with Crippen molar-refractivity contribution in [1.29, 1.82) is 0 Å². The number of carbonyl (C=O) groups excluding carboxylic acids is 5. The van der Waals surface area contributed by atoms with Gasteiger partial charge in [-0.3, -0.25) is 14.5 Å². The number of rotatable bonds is 17. The van der Waals surface area contributed by atoms with E-state index < -0.39 is 71.4 Å². The lowest BCUT2D eigenvalue weighted by atomic mass is 9.89. The van der Waals surface area contributed by atoms with E-state index in [1.807, 2.05) is 30.3 Å². The van der Waals surface area contributed by atoms with Crippen LogP contribution in [0.25, 0.3) is 11.3 Å². The third kappa shape index (κ3) is 12.8. The Kier molecular flexibility index (Phi) is 16.1. The molecule has 6 rings (SSSR count). The van der Waals surface area contributed by atoms with Gasteiger partial charge in [-0.15, -0.1) is 0 Å². The van der Waals surface area contributed by atoms with E-state index in [4.69, 9.17) is 23.9 Å². The first-order valence-electron chi connectivity index (χ1n) is 21.4. The van der Waals surface area contributed by atoms with Crippen molar-refractivity contribution >= 4 is 30.0 Å². The van der Waals surface area contributed by atoms with Crippen LogP contribution in [0.3, 0.4) is 0 Å². The maximum Gasteiger partial charge on any atom is 0.410 e. The number of hydrogen-bond donors (Lipinski definition) is 2. The second kappa shape index (κ2) is 21.6. The molecule has 2 fully saturated rings. The van der Waals surface area contributed by atoms with E-state index >= 15 is 8.78 Å². The van der Waals surface area contributed by atoms with Gasteiger partial charge in [-0.25, -0.2) is 32.5 Å². The minimum atomic E-state index is -1.53. The Bertz CT molecular complexity index is 2130. The molecule has 4 atom stereocenters. The van der Waals surface area contributed by atoms with Crippen LogP contribution in [-0.2, 0) is 35.1 Å². The number of alkyl carbamates (subject to hydrolysis) is 1. The number of benzene rings is 2. The van der Waals surface area contributed by atoms with Crippen molar-refractivity contribution in [2.24, 2.45) is 11.8 Å². The lowest BCUT2D eigenvalue weighted by Gasteiger charge is -2.40. The van der Waals surface area contributed by atoms with Gasteiger partial charge < -0.3 is 43.9 Å². The zero-order valence-electron chi connectivity index (χ0n) is 36.5. The summed E-state index contributed by atoms with van der Waals surface area (Å²) in [5, 5.41) is 5.45. The number of imide groups is 1. The Morgan fingerprint density at radius 3 is 2.42 bits per heavy atom. The monoisotopic (exact) mass is 895 g/mol. The fraction of sp³-hybridized carbons (Fsp3) is 0.511. The average Bonchev–Trinajstić information content (AvgIpc) is 3.94. The van der Waals surface area contributed by atoms with Gasteiger partial charge in [-0.2, -0.15) is 0 Å². The molecule has 16 nitrogen and oxygen atoms in total. The number of ether oxygens (including phenoxy) is 4. The number of aromatic nitrogens is 2. The lowest BCUT2D eigenvalue weighted by Crippen LogP contribution is -2.52. The van der Waals surface area contributed by atoms with E-state index in [2.05, 4.69) is 10.6 Å². The zero-order chi connectivity index (χ0) is 46.0. The van der Waals surface area contributed by atoms with Gasteiger partial charge >= 0.3 is 18.2 Å². The summed E-state index contributed by atoms with van der Waals surface area (Å²) >= 11 is 0. The Morgan fingerprint density at radius 1 is 1.00 bits per heavy atom. The molecular weight excluding hydrogens is 840 g/mol. The van der Waals surface area contributed by atoms with Crippen molar-refractivity contribution in [3.8, 4) is 11.3 Å². The molecule has 0 radical (unpaired) electrons. The third-order valence-electron chi connectivity index (χ3n) is 10.9. The molecule has 6 amide bonds. The zero-order valence-corrected chi connectivity index (χ0v) is 36.5. The third-order valence-corrected chi connectivity index (χ3v) is 10.9. The van der Waals surface area contributed by atoms with Crippen LogP contribution in [0.1, 0.15) is 58.0 Å². The van der Waals surface area contributed by atoms with Gasteiger partial charge in [0.1, 0.15) is 35.8 Å². The lowest BCUT2D eigenvalue weighted by molar-refractivity contribution is -0.137. The molecule has 346 valence electrons. The Balaban J connectivity index is 1.24. The minimum Gasteiger partial charge on any atom is -0.447 e. The molecule has 2 N–H and O–H groups in total. The van der Waals surface area contributed by atoms with Gasteiger partial charge in [-0.1, -0.05) is 30.3 Å². The summed E-state index contributed by atoms with van der Waals surface area (Å²) in [5.74, 6) is -3.00. The topological polar surface area (TPSA) is 174 Å². The van der Waals surface area contributed by atoms with Gasteiger partial charge in [0.2, 0.25) is 0 Å². The molecular formula is C45H56F3N7O9.